The number of hydrogen-bond acceptors (Lipinski definition) is 5. The topological polar surface area (TPSA) is 117 Å². The number of nitrogens with two attached hydrogens (primary N) is 1. The van der Waals surface area contributed by atoms with Crippen molar-refractivity contribution in [2.75, 3.05) is 10.6 Å². The molecule has 2 rings (SSSR count). The fraction of sp³-hybridized carbons (Fsp3) is 0.0769. The Morgan fingerprint density at radius 3 is 2.85 bits per heavy atom. The van der Waals surface area contributed by atoms with Gasteiger partial charge in [-0.1, -0.05) is 0 Å². The lowest BCUT2D eigenvalue weighted by molar-refractivity contribution is 0.259. The van der Waals surface area contributed by atoms with Crippen LogP contribution < -0.4 is 16.4 Å². The van der Waals surface area contributed by atoms with E-state index in [0.29, 0.717) is 17.1 Å². The van der Waals surface area contributed by atoms with E-state index in [4.69, 9.17) is 11.1 Å². The van der Waals surface area contributed by atoms with Gasteiger partial charge in [0.15, 0.2) is 0 Å². The number of pyridine rings is 2. The minimum Gasteiger partial charge on any atom is -0.354 e. The quantitative estimate of drug-likeness (QED) is 0.636. The first-order valence-electron chi connectivity index (χ1n) is 5.85. The van der Waals surface area contributed by atoms with Gasteiger partial charge in [-0.15, -0.1) is 0 Å². The van der Waals surface area contributed by atoms with Gasteiger partial charge in [-0.05, 0) is 25.1 Å². The van der Waals surface area contributed by atoms with E-state index in [0.717, 1.165) is 11.4 Å². The molecule has 0 bridgehead atoms. The molecule has 2 heterocycles. The number of urea groups is 1. The summed E-state index contributed by atoms with van der Waals surface area (Å²) in [6.45, 7) is 1.89. The first-order chi connectivity index (χ1) is 9.58. The van der Waals surface area contributed by atoms with Crippen LogP contribution >= 0.6 is 0 Å². The molecule has 0 aromatic carbocycles. The first-order valence-corrected chi connectivity index (χ1v) is 5.85. The highest BCUT2D eigenvalue weighted by Crippen LogP contribution is 2.21. The van der Waals surface area contributed by atoms with Crippen molar-refractivity contribution in [1.29, 1.82) is 5.41 Å². The summed E-state index contributed by atoms with van der Waals surface area (Å²) in [6, 6.07) is 4.56. The third-order valence-electron chi connectivity index (χ3n) is 2.52. The summed E-state index contributed by atoms with van der Waals surface area (Å²) in [4.78, 5) is 18.9. The number of rotatable bonds is 4. The summed E-state index contributed by atoms with van der Waals surface area (Å²) in [5.74, 6) is 0.299. The van der Waals surface area contributed by atoms with Crippen LogP contribution in [0.3, 0.4) is 0 Å². The molecule has 0 spiro atoms. The predicted molar refractivity (Wildman–Crippen MR) is 77.6 cm³/mol. The van der Waals surface area contributed by atoms with Gasteiger partial charge < -0.3 is 16.5 Å². The molecule has 7 heteroatoms. The van der Waals surface area contributed by atoms with E-state index in [1.165, 1.54) is 12.4 Å². The number of primary amides is 1. The molecule has 0 atom stereocenters. The van der Waals surface area contributed by atoms with Gasteiger partial charge in [0, 0.05) is 29.4 Å². The van der Waals surface area contributed by atoms with E-state index < -0.39 is 6.03 Å². The number of hydrogen-bond donors (Lipinski definition) is 4. The zero-order valence-electron chi connectivity index (χ0n) is 10.8. The average Bonchev–Trinajstić information content (AvgIpc) is 2.40. The van der Waals surface area contributed by atoms with Crippen LogP contribution in [0.2, 0.25) is 0 Å². The standard InChI is InChI=1S/C13H14N6O/c1-8-4-10(2-3-16-8)18-11-7-17-12(19-13(15)20)5-9(11)6-14/h2-7,14H,1H3,(H,16,18)(H3,15,17,19,20). The maximum absolute atomic E-state index is 10.8. The molecule has 5 N–H and O–H groups in total. The van der Waals surface area contributed by atoms with E-state index in [1.54, 1.807) is 12.3 Å². The second kappa shape index (κ2) is 5.79. The van der Waals surface area contributed by atoms with Gasteiger partial charge in [0.2, 0.25) is 0 Å². The summed E-state index contributed by atoms with van der Waals surface area (Å²) >= 11 is 0. The van der Waals surface area contributed by atoms with Crippen molar-refractivity contribution in [2.24, 2.45) is 5.73 Å². The van der Waals surface area contributed by atoms with Crippen LogP contribution in [0, 0.1) is 12.3 Å². The Kier molecular flexibility index (Phi) is 3.90. The lowest BCUT2D eigenvalue weighted by Gasteiger charge is -2.10. The van der Waals surface area contributed by atoms with Crippen LogP contribution in [-0.2, 0) is 0 Å². The SMILES string of the molecule is Cc1cc(Nc2cnc(NC(N)=O)cc2C=N)ccn1. The van der Waals surface area contributed by atoms with Gasteiger partial charge in [-0.3, -0.25) is 10.3 Å². The number of carbonyl (C=O) groups is 1. The Hall–Kier alpha value is -2.96. The van der Waals surface area contributed by atoms with Crippen LogP contribution in [0.5, 0.6) is 0 Å². The van der Waals surface area contributed by atoms with Crippen molar-refractivity contribution in [3.05, 3.63) is 41.9 Å². The number of aryl methyl sites for hydroxylation is 1. The highest BCUT2D eigenvalue weighted by molar-refractivity contribution is 5.91. The maximum Gasteiger partial charge on any atom is 0.317 e. The molecule has 0 aliphatic carbocycles. The van der Waals surface area contributed by atoms with Gasteiger partial charge in [0.05, 0.1) is 11.9 Å². The largest absolute Gasteiger partial charge is 0.354 e. The molecular formula is C13H14N6O. The van der Waals surface area contributed by atoms with Crippen molar-refractivity contribution in [3.63, 3.8) is 0 Å². The van der Waals surface area contributed by atoms with Crippen LogP contribution in [0.1, 0.15) is 11.3 Å². The second-order valence-electron chi connectivity index (χ2n) is 4.10. The third-order valence-corrected chi connectivity index (χ3v) is 2.52. The van der Waals surface area contributed by atoms with Crippen LogP contribution in [0.25, 0.3) is 0 Å². The summed E-state index contributed by atoms with van der Waals surface area (Å²) < 4.78 is 0. The van der Waals surface area contributed by atoms with Gasteiger partial charge in [-0.25, -0.2) is 9.78 Å². The first kappa shape index (κ1) is 13.5. The van der Waals surface area contributed by atoms with Crippen molar-refractivity contribution >= 4 is 29.4 Å². The molecule has 0 saturated heterocycles. The Balaban J connectivity index is 2.27. The minimum absolute atomic E-state index is 0.299. The van der Waals surface area contributed by atoms with Gasteiger partial charge in [-0.2, -0.15) is 0 Å². The molecule has 0 fully saturated rings. The molecule has 7 nitrogen and oxygen atoms in total. The highest BCUT2D eigenvalue weighted by Gasteiger charge is 2.05. The molecule has 0 unspecified atom stereocenters. The summed E-state index contributed by atoms with van der Waals surface area (Å²) in [7, 11) is 0. The van der Waals surface area contributed by atoms with Crippen molar-refractivity contribution < 1.29 is 4.79 Å². The molecule has 0 saturated carbocycles. The van der Waals surface area contributed by atoms with E-state index >= 15 is 0 Å². The summed E-state index contributed by atoms with van der Waals surface area (Å²) in [6.07, 6.45) is 4.39. The Bertz CT molecular complexity index is 655. The fourth-order valence-electron chi connectivity index (χ4n) is 1.67. The van der Waals surface area contributed by atoms with Crippen molar-refractivity contribution in [3.8, 4) is 0 Å². The number of nitrogens with one attached hydrogen (secondary N) is 3. The monoisotopic (exact) mass is 270 g/mol. The van der Waals surface area contributed by atoms with Crippen molar-refractivity contribution in [2.45, 2.75) is 6.92 Å². The number of anilines is 3. The van der Waals surface area contributed by atoms with E-state index in [1.807, 2.05) is 19.1 Å². The van der Waals surface area contributed by atoms with E-state index in [9.17, 15) is 4.79 Å². The molecule has 102 valence electrons. The number of amides is 2. The molecule has 0 aliphatic rings. The number of aromatic nitrogens is 2. The molecule has 20 heavy (non-hydrogen) atoms. The van der Waals surface area contributed by atoms with Crippen LogP contribution in [-0.4, -0.2) is 22.2 Å². The molecule has 0 radical (unpaired) electrons. The predicted octanol–water partition coefficient (Wildman–Crippen LogP) is 2.02. The summed E-state index contributed by atoms with van der Waals surface area (Å²) in [5.41, 5.74) is 7.99. The lowest BCUT2D eigenvalue weighted by Crippen LogP contribution is -2.20. The molecule has 2 aromatic rings. The Labute approximate surface area is 115 Å². The summed E-state index contributed by atoms with van der Waals surface area (Å²) in [5, 5.41) is 12.9. The zero-order valence-corrected chi connectivity index (χ0v) is 10.8. The lowest BCUT2D eigenvalue weighted by atomic mass is 10.2. The second-order valence-corrected chi connectivity index (χ2v) is 4.10. The van der Waals surface area contributed by atoms with Gasteiger partial charge >= 0.3 is 6.03 Å². The number of carbonyl (C=O) groups excluding carboxylic acids is 1. The Morgan fingerprint density at radius 1 is 1.40 bits per heavy atom. The average molecular weight is 270 g/mol. The van der Waals surface area contributed by atoms with Gasteiger partial charge in [0.25, 0.3) is 0 Å². The molecule has 2 amide bonds. The van der Waals surface area contributed by atoms with E-state index in [2.05, 4.69) is 20.6 Å². The van der Waals surface area contributed by atoms with Gasteiger partial charge in [0.1, 0.15) is 5.82 Å². The zero-order chi connectivity index (χ0) is 14.5. The van der Waals surface area contributed by atoms with Crippen LogP contribution in [0.15, 0.2) is 30.6 Å². The smallest absolute Gasteiger partial charge is 0.317 e. The molecular weight excluding hydrogens is 256 g/mol. The maximum atomic E-state index is 10.8. The fourth-order valence-corrected chi connectivity index (χ4v) is 1.67. The van der Waals surface area contributed by atoms with Crippen molar-refractivity contribution in [1.82, 2.24) is 9.97 Å². The molecule has 2 aromatic heterocycles. The third kappa shape index (κ3) is 3.29. The normalized spacial score (nSPS) is 9.85. The van der Waals surface area contributed by atoms with E-state index in [-0.39, 0.29) is 0 Å². The van der Waals surface area contributed by atoms with Crippen LogP contribution in [0.4, 0.5) is 22.0 Å². The highest BCUT2D eigenvalue weighted by atomic mass is 16.2. The molecule has 0 aliphatic heterocycles. The number of nitrogens with zero attached hydrogens (tertiary/aromatic N) is 2. The minimum atomic E-state index is -0.695. The Morgan fingerprint density at radius 2 is 2.20 bits per heavy atom.